The number of benzene rings is 1. The number of Topliss-reactive ketones (excluding diaryl/α,β-unsaturated/α-hetero) is 1. The lowest BCUT2D eigenvalue weighted by Crippen LogP contribution is -2.32. The van der Waals surface area contributed by atoms with E-state index in [9.17, 15) is 14.4 Å². The summed E-state index contributed by atoms with van der Waals surface area (Å²) in [5, 5.41) is 2.74. The van der Waals surface area contributed by atoms with Gasteiger partial charge in [-0.25, -0.2) is 0 Å². The van der Waals surface area contributed by atoms with Gasteiger partial charge in [0.15, 0.2) is 5.78 Å². The normalized spacial score (nSPS) is 16.6. The van der Waals surface area contributed by atoms with Crippen LogP contribution in [0.1, 0.15) is 50.9 Å². The number of hydrogen-bond donors (Lipinski definition) is 2. The Morgan fingerprint density at radius 3 is 2.62 bits per heavy atom. The van der Waals surface area contributed by atoms with Crippen LogP contribution in [-0.4, -0.2) is 16.7 Å². The van der Waals surface area contributed by atoms with Gasteiger partial charge in [0.1, 0.15) is 5.56 Å². The van der Waals surface area contributed by atoms with Crippen molar-refractivity contribution < 1.29 is 9.59 Å². The van der Waals surface area contributed by atoms with E-state index in [0.29, 0.717) is 30.6 Å². The molecule has 0 radical (unpaired) electrons. The quantitative estimate of drug-likeness (QED) is 0.910. The van der Waals surface area contributed by atoms with Crippen molar-refractivity contribution in [2.75, 3.05) is 0 Å². The maximum absolute atomic E-state index is 12.3. The number of ketones is 1. The van der Waals surface area contributed by atoms with Crippen molar-refractivity contribution in [3.8, 4) is 0 Å². The molecule has 0 aliphatic heterocycles. The number of nitrogens with one attached hydrogen (secondary N) is 2. The van der Waals surface area contributed by atoms with Gasteiger partial charge in [-0.1, -0.05) is 36.8 Å². The van der Waals surface area contributed by atoms with Gasteiger partial charge in [-0.3, -0.25) is 14.4 Å². The first-order valence-corrected chi connectivity index (χ1v) is 8.07. The number of amides is 1. The summed E-state index contributed by atoms with van der Waals surface area (Å²) >= 11 is 0. The third-order valence-electron chi connectivity index (χ3n) is 4.33. The number of carbonyl (C=O) groups excluding carboxylic acids is 2. The lowest BCUT2D eigenvalue weighted by Gasteiger charge is -2.20. The van der Waals surface area contributed by atoms with E-state index < -0.39 is 11.5 Å². The van der Waals surface area contributed by atoms with Crippen LogP contribution in [0, 0.1) is 12.8 Å². The number of pyridine rings is 1. The van der Waals surface area contributed by atoms with Crippen LogP contribution < -0.4 is 10.9 Å². The summed E-state index contributed by atoms with van der Waals surface area (Å²) < 4.78 is 0. The Hall–Kier alpha value is -2.69. The van der Waals surface area contributed by atoms with Crippen LogP contribution in [0.2, 0.25) is 0 Å². The fourth-order valence-electron chi connectivity index (χ4n) is 2.98. The number of aromatic nitrogens is 1. The molecule has 0 saturated carbocycles. The molecule has 5 nitrogen and oxygen atoms in total. The highest BCUT2D eigenvalue weighted by molar-refractivity contribution is 6.01. The molecule has 124 valence electrons. The van der Waals surface area contributed by atoms with E-state index >= 15 is 0 Å². The zero-order valence-corrected chi connectivity index (χ0v) is 13.8. The molecule has 1 aliphatic carbocycles. The molecular formula is C19H20N2O3. The standard InChI is InChI=1S/C19H20N2O3/c1-11-3-5-13(6-4-11)10-20-18(23)15-9-14-16(21-19(15)24)7-12(2)8-17(14)22/h3-6,9,12H,7-8,10H2,1-2H3,(H,20,23)(H,21,24). The lowest BCUT2D eigenvalue weighted by molar-refractivity contribution is 0.0949. The van der Waals surface area contributed by atoms with Crippen molar-refractivity contribution in [1.29, 1.82) is 0 Å². The fraction of sp³-hybridized carbons (Fsp3) is 0.316. The van der Waals surface area contributed by atoms with Crippen LogP contribution in [0.25, 0.3) is 0 Å². The van der Waals surface area contributed by atoms with Crippen molar-refractivity contribution in [2.45, 2.75) is 33.2 Å². The Kier molecular flexibility index (Phi) is 4.34. The van der Waals surface area contributed by atoms with Gasteiger partial charge in [-0.15, -0.1) is 0 Å². The van der Waals surface area contributed by atoms with Gasteiger partial charge in [0, 0.05) is 24.2 Å². The molecule has 1 amide bonds. The summed E-state index contributed by atoms with van der Waals surface area (Å²) in [6, 6.07) is 9.22. The smallest absolute Gasteiger partial charge is 0.261 e. The zero-order chi connectivity index (χ0) is 17.3. The molecule has 24 heavy (non-hydrogen) atoms. The van der Waals surface area contributed by atoms with E-state index in [1.807, 2.05) is 38.1 Å². The van der Waals surface area contributed by atoms with Crippen LogP contribution in [0.4, 0.5) is 0 Å². The van der Waals surface area contributed by atoms with Crippen LogP contribution in [0.15, 0.2) is 35.1 Å². The van der Waals surface area contributed by atoms with Gasteiger partial charge in [0.2, 0.25) is 0 Å². The minimum atomic E-state index is -0.467. The van der Waals surface area contributed by atoms with Crippen molar-refractivity contribution in [2.24, 2.45) is 5.92 Å². The fourth-order valence-corrected chi connectivity index (χ4v) is 2.98. The van der Waals surface area contributed by atoms with Crippen LogP contribution in [0.3, 0.4) is 0 Å². The monoisotopic (exact) mass is 324 g/mol. The number of aryl methyl sites for hydroxylation is 1. The highest BCUT2D eigenvalue weighted by atomic mass is 16.2. The molecule has 0 spiro atoms. The van der Waals surface area contributed by atoms with Crippen molar-refractivity contribution >= 4 is 11.7 Å². The van der Waals surface area contributed by atoms with E-state index in [1.165, 1.54) is 6.07 Å². The van der Waals surface area contributed by atoms with E-state index in [4.69, 9.17) is 0 Å². The Balaban J connectivity index is 1.80. The predicted molar refractivity (Wildman–Crippen MR) is 91.2 cm³/mol. The van der Waals surface area contributed by atoms with E-state index in [2.05, 4.69) is 10.3 Å². The lowest BCUT2D eigenvalue weighted by atomic mass is 9.86. The molecule has 2 aromatic rings. The molecule has 0 fully saturated rings. The molecule has 1 aliphatic rings. The maximum atomic E-state index is 12.3. The first-order valence-electron chi connectivity index (χ1n) is 8.07. The second-order valence-electron chi connectivity index (χ2n) is 6.51. The Labute approximate surface area is 140 Å². The minimum Gasteiger partial charge on any atom is -0.348 e. The van der Waals surface area contributed by atoms with Crippen molar-refractivity contribution in [3.63, 3.8) is 0 Å². The number of aromatic amines is 1. The second kappa shape index (κ2) is 6.43. The molecule has 1 heterocycles. The number of carbonyl (C=O) groups is 2. The minimum absolute atomic E-state index is 0.0104. The molecule has 1 aromatic heterocycles. The van der Waals surface area contributed by atoms with Gasteiger partial charge < -0.3 is 10.3 Å². The molecular weight excluding hydrogens is 304 g/mol. The number of rotatable bonds is 3. The van der Waals surface area contributed by atoms with Crippen LogP contribution >= 0.6 is 0 Å². The molecule has 2 N–H and O–H groups in total. The number of H-pyrrole nitrogens is 1. The summed E-state index contributed by atoms with van der Waals surface area (Å²) in [7, 11) is 0. The van der Waals surface area contributed by atoms with Gasteiger partial charge in [-0.05, 0) is 30.9 Å². The molecule has 1 atom stereocenters. The average Bonchev–Trinajstić information content (AvgIpc) is 2.53. The van der Waals surface area contributed by atoms with Crippen LogP contribution in [0.5, 0.6) is 0 Å². The third-order valence-corrected chi connectivity index (χ3v) is 4.33. The molecule has 0 saturated heterocycles. The van der Waals surface area contributed by atoms with E-state index in [0.717, 1.165) is 11.1 Å². The molecule has 1 aromatic carbocycles. The Bertz CT molecular complexity index is 850. The number of fused-ring (bicyclic) bond motifs is 1. The molecule has 5 heteroatoms. The highest BCUT2D eigenvalue weighted by Gasteiger charge is 2.25. The van der Waals surface area contributed by atoms with E-state index in [1.54, 1.807) is 0 Å². The maximum Gasteiger partial charge on any atom is 0.261 e. The predicted octanol–water partition coefficient (Wildman–Crippen LogP) is 2.38. The van der Waals surface area contributed by atoms with Crippen molar-refractivity contribution in [3.05, 3.63) is 68.6 Å². The molecule has 1 unspecified atom stereocenters. The first-order chi connectivity index (χ1) is 11.4. The topological polar surface area (TPSA) is 79.0 Å². The van der Waals surface area contributed by atoms with Gasteiger partial charge in [0.05, 0.1) is 0 Å². The summed E-state index contributed by atoms with van der Waals surface area (Å²) in [6.45, 7) is 4.30. The average molecular weight is 324 g/mol. The summed E-state index contributed by atoms with van der Waals surface area (Å²) in [6.07, 6.45) is 1.10. The third kappa shape index (κ3) is 3.30. The largest absolute Gasteiger partial charge is 0.348 e. The summed E-state index contributed by atoms with van der Waals surface area (Å²) in [5.41, 5.74) is 2.74. The van der Waals surface area contributed by atoms with E-state index in [-0.39, 0.29) is 17.3 Å². The second-order valence-corrected chi connectivity index (χ2v) is 6.51. The Morgan fingerprint density at radius 2 is 1.92 bits per heavy atom. The van der Waals surface area contributed by atoms with Gasteiger partial charge in [-0.2, -0.15) is 0 Å². The Morgan fingerprint density at radius 1 is 1.21 bits per heavy atom. The summed E-state index contributed by atoms with van der Waals surface area (Å²) in [4.78, 5) is 39.3. The summed E-state index contributed by atoms with van der Waals surface area (Å²) in [5.74, 6) is -0.277. The van der Waals surface area contributed by atoms with Crippen molar-refractivity contribution in [1.82, 2.24) is 10.3 Å². The number of hydrogen-bond acceptors (Lipinski definition) is 3. The van der Waals surface area contributed by atoms with Crippen LogP contribution in [-0.2, 0) is 13.0 Å². The van der Waals surface area contributed by atoms with Gasteiger partial charge in [0.25, 0.3) is 11.5 Å². The van der Waals surface area contributed by atoms with Gasteiger partial charge >= 0.3 is 0 Å². The zero-order valence-electron chi connectivity index (χ0n) is 13.8. The SMILES string of the molecule is Cc1ccc(CNC(=O)c2cc3c([nH]c2=O)CC(C)CC3=O)cc1. The molecule has 0 bridgehead atoms. The highest BCUT2D eigenvalue weighted by Crippen LogP contribution is 2.23. The first kappa shape index (κ1) is 16.2. The molecule has 3 rings (SSSR count).